The van der Waals surface area contributed by atoms with Crippen LogP contribution in [0.4, 0.5) is 18.9 Å². The molecule has 0 unspecified atom stereocenters. The molecular weight excluding hydrogens is 475 g/mol. The number of likely N-dealkylation sites (N-methyl/N-ethyl adjacent to an activating group) is 1. The van der Waals surface area contributed by atoms with Crippen LogP contribution in [-0.2, 0) is 6.18 Å². The number of para-hydroxylation sites is 1. The Morgan fingerprint density at radius 1 is 1.08 bits per heavy atom. The Balaban J connectivity index is 1.62. The van der Waals surface area contributed by atoms with Crippen molar-refractivity contribution >= 4 is 11.6 Å². The summed E-state index contributed by atoms with van der Waals surface area (Å²) in [5, 5.41) is 14.5. The van der Waals surface area contributed by atoms with Crippen LogP contribution in [0.1, 0.15) is 15.9 Å². The van der Waals surface area contributed by atoms with Gasteiger partial charge in [-0.2, -0.15) is 13.2 Å². The molecule has 1 saturated heterocycles. The van der Waals surface area contributed by atoms with Crippen LogP contribution in [0.5, 0.6) is 0 Å². The van der Waals surface area contributed by atoms with Crippen LogP contribution in [0, 0.1) is 10.1 Å². The minimum Gasteiger partial charge on any atom is -0.354 e. The molecule has 11 heteroatoms. The van der Waals surface area contributed by atoms with Gasteiger partial charge in [0.05, 0.1) is 27.3 Å². The van der Waals surface area contributed by atoms with E-state index in [0.717, 1.165) is 38.3 Å². The molecule has 1 aliphatic rings. The van der Waals surface area contributed by atoms with E-state index < -0.39 is 22.6 Å². The number of H-pyrrole nitrogens is 1. The second kappa shape index (κ2) is 10.5. The molecule has 1 aromatic heterocycles. The van der Waals surface area contributed by atoms with Crippen molar-refractivity contribution in [3.8, 4) is 22.5 Å². The van der Waals surface area contributed by atoms with Crippen molar-refractivity contribution in [2.75, 3.05) is 46.3 Å². The van der Waals surface area contributed by atoms with E-state index in [2.05, 4.69) is 27.1 Å². The lowest BCUT2D eigenvalue weighted by Gasteiger charge is -2.32. The van der Waals surface area contributed by atoms with Gasteiger partial charge >= 0.3 is 6.18 Å². The van der Waals surface area contributed by atoms with E-state index in [-0.39, 0.29) is 22.5 Å². The first kappa shape index (κ1) is 25.4. The third kappa shape index (κ3) is 5.74. The Morgan fingerprint density at radius 2 is 1.75 bits per heavy atom. The third-order valence-corrected chi connectivity index (χ3v) is 6.27. The van der Waals surface area contributed by atoms with Gasteiger partial charge in [0.15, 0.2) is 0 Å². The fourth-order valence-electron chi connectivity index (χ4n) is 4.18. The molecular formula is C25H26F3N5O3. The van der Waals surface area contributed by atoms with E-state index in [1.165, 1.54) is 36.4 Å². The maximum absolute atomic E-state index is 13.2. The maximum atomic E-state index is 13.2. The number of alkyl halides is 3. The number of aromatic nitrogens is 1. The van der Waals surface area contributed by atoms with E-state index in [9.17, 15) is 28.1 Å². The van der Waals surface area contributed by atoms with E-state index >= 15 is 0 Å². The first-order valence-corrected chi connectivity index (χ1v) is 11.5. The number of carbonyl (C=O) groups excluding carboxylic acids is 1. The highest BCUT2D eigenvalue weighted by Crippen LogP contribution is 2.35. The highest BCUT2D eigenvalue weighted by Gasteiger charge is 2.30. The number of aromatic amines is 1. The second-order valence-electron chi connectivity index (χ2n) is 8.72. The fraction of sp³-hybridized carbons (Fsp3) is 0.320. The lowest BCUT2D eigenvalue weighted by molar-refractivity contribution is -0.384. The number of amides is 1. The Labute approximate surface area is 205 Å². The average molecular weight is 502 g/mol. The highest BCUT2D eigenvalue weighted by molar-refractivity contribution is 6.02. The summed E-state index contributed by atoms with van der Waals surface area (Å²) in [6.45, 7) is 4.75. The van der Waals surface area contributed by atoms with Crippen molar-refractivity contribution in [2.24, 2.45) is 0 Å². The number of hydrogen-bond acceptors (Lipinski definition) is 5. The van der Waals surface area contributed by atoms with Gasteiger partial charge in [0, 0.05) is 51.0 Å². The van der Waals surface area contributed by atoms with Gasteiger partial charge in [0.1, 0.15) is 0 Å². The average Bonchev–Trinajstić information content (AvgIpc) is 3.30. The van der Waals surface area contributed by atoms with E-state index in [1.54, 1.807) is 6.07 Å². The zero-order chi connectivity index (χ0) is 25.9. The van der Waals surface area contributed by atoms with Crippen LogP contribution in [0.2, 0.25) is 0 Å². The summed E-state index contributed by atoms with van der Waals surface area (Å²) in [4.78, 5) is 31.8. The molecule has 0 saturated carbocycles. The second-order valence-corrected chi connectivity index (χ2v) is 8.72. The molecule has 0 aliphatic carbocycles. The van der Waals surface area contributed by atoms with Crippen LogP contribution in [0.25, 0.3) is 22.5 Å². The largest absolute Gasteiger partial charge is 0.416 e. The molecule has 2 heterocycles. The molecule has 0 radical (unpaired) electrons. The number of halogens is 3. The number of benzene rings is 2. The minimum absolute atomic E-state index is 0.178. The molecule has 8 nitrogen and oxygen atoms in total. The van der Waals surface area contributed by atoms with Crippen LogP contribution < -0.4 is 5.32 Å². The molecule has 4 rings (SSSR count). The number of nitrogens with zero attached hydrogens (tertiary/aromatic N) is 3. The van der Waals surface area contributed by atoms with E-state index in [0.29, 0.717) is 24.3 Å². The Hall–Kier alpha value is -3.70. The molecule has 1 fully saturated rings. The van der Waals surface area contributed by atoms with E-state index in [4.69, 9.17) is 0 Å². The number of nitrogens with one attached hydrogen (secondary N) is 2. The van der Waals surface area contributed by atoms with Crippen LogP contribution in [-0.4, -0.2) is 71.9 Å². The summed E-state index contributed by atoms with van der Waals surface area (Å²) in [5.74, 6) is -0.424. The molecule has 2 N–H and O–H groups in total. The van der Waals surface area contributed by atoms with Gasteiger partial charge < -0.3 is 15.2 Å². The number of piperazine rings is 1. The summed E-state index contributed by atoms with van der Waals surface area (Å²) in [6, 6.07) is 12.0. The monoisotopic (exact) mass is 501 g/mol. The zero-order valence-electron chi connectivity index (χ0n) is 19.6. The maximum Gasteiger partial charge on any atom is 0.416 e. The molecule has 190 valence electrons. The summed E-state index contributed by atoms with van der Waals surface area (Å²) >= 11 is 0. The molecule has 1 aliphatic heterocycles. The van der Waals surface area contributed by atoms with Crippen molar-refractivity contribution in [1.82, 2.24) is 20.1 Å². The standard InChI is InChI=1S/C25H26F3N5O3/c1-31-12-14-32(15-13-31)11-10-29-24(34)20-16-21(17-6-8-18(9-7-17)25(26,27)28)30-23(20)19-4-2-3-5-22(19)33(35)36/h2-9,16,30H,10-15H2,1H3,(H,29,34). The quantitative estimate of drug-likeness (QED) is 0.373. The van der Waals surface area contributed by atoms with Crippen LogP contribution >= 0.6 is 0 Å². The molecule has 1 amide bonds. The lowest BCUT2D eigenvalue weighted by Crippen LogP contribution is -2.46. The number of rotatable bonds is 7. The Morgan fingerprint density at radius 3 is 2.39 bits per heavy atom. The number of hydrogen-bond donors (Lipinski definition) is 2. The highest BCUT2D eigenvalue weighted by atomic mass is 19.4. The van der Waals surface area contributed by atoms with Crippen LogP contribution in [0.15, 0.2) is 54.6 Å². The summed E-state index contributed by atoms with van der Waals surface area (Å²) in [7, 11) is 2.06. The van der Waals surface area contributed by atoms with Crippen molar-refractivity contribution in [2.45, 2.75) is 6.18 Å². The third-order valence-electron chi connectivity index (χ3n) is 6.27. The van der Waals surface area contributed by atoms with Gasteiger partial charge in [0.2, 0.25) is 0 Å². The molecule has 0 bridgehead atoms. The first-order valence-electron chi connectivity index (χ1n) is 11.5. The summed E-state index contributed by atoms with van der Waals surface area (Å²) < 4.78 is 38.9. The van der Waals surface area contributed by atoms with Crippen LogP contribution in [0.3, 0.4) is 0 Å². The number of nitro groups is 1. The van der Waals surface area contributed by atoms with Crippen molar-refractivity contribution in [1.29, 1.82) is 0 Å². The minimum atomic E-state index is -4.47. The molecule has 2 aromatic carbocycles. The van der Waals surface area contributed by atoms with Gasteiger partial charge in [-0.3, -0.25) is 19.8 Å². The Bertz CT molecular complexity index is 1230. The fourth-order valence-corrected chi connectivity index (χ4v) is 4.18. The molecule has 36 heavy (non-hydrogen) atoms. The lowest BCUT2D eigenvalue weighted by atomic mass is 10.0. The van der Waals surface area contributed by atoms with Gasteiger partial charge in [-0.1, -0.05) is 24.3 Å². The zero-order valence-corrected chi connectivity index (χ0v) is 19.6. The van der Waals surface area contributed by atoms with Gasteiger partial charge in [0.25, 0.3) is 11.6 Å². The predicted octanol–water partition coefficient (Wildman–Crippen LogP) is 4.25. The smallest absolute Gasteiger partial charge is 0.354 e. The van der Waals surface area contributed by atoms with Gasteiger partial charge in [-0.05, 0) is 36.9 Å². The van der Waals surface area contributed by atoms with Crippen molar-refractivity contribution in [3.05, 3.63) is 75.8 Å². The SMILES string of the molecule is CN1CCN(CCNC(=O)c2cc(-c3ccc(C(F)(F)F)cc3)[nH]c2-c2ccccc2[N+](=O)[O-])CC1. The molecule has 3 aromatic rings. The Kier molecular flexibility index (Phi) is 7.41. The predicted molar refractivity (Wildman–Crippen MR) is 130 cm³/mol. The normalized spacial score (nSPS) is 15.1. The number of nitro benzene ring substituents is 1. The molecule has 0 spiro atoms. The van der Waals surface area contributed by atoms with Crippen molar-refractivity contribution < 1.29 is 22.9 Å². The first-order chi connectivity index (χ1) is 17.1. The van der Waals surface area contributed by atoms with Gasteiger partial charge in [-0.15, -0.1) is 0 Å². The topological polar surface area (TPSA) is 94.5 Å². The van der Waals surface area contributed by atoms with E-state index in [1.807, 2.05) is 0 Å². The van der Waals surface area contributed by atoms with Crippen molar-refractivity contribution in [3.63, 3.8) is 0 Å². The van der Waals surface area contributed by atoms with Gasteiger partial charge in [-0.25, -0.2) is 0 Å². The summed E-state index contributed by atoms with van der Waals surface area (Å²) in [5.41, 5.74) is 0.431. The molecule has 0 atom stereocenters. The number of carbonyl (C=O) groups is 1. The summed E-state index contributed by atoms with van der Waals surface area (Å²) in [6.07, 6.45) is -4.47.